The molecule has 2 atom stereocenters. The van der Waals surface area contributed by atoms with Crippen molar-refractivity contribution < 1.29 is 28.6 Å². The predicted octanol–water partition coefficient (Wildman–Crippen LogP) is 3.98. The van der Waals surface area contributed by atoms with E-state index in [9.17, 15) is 14.7 Å². The summed E-state index contributed by atoms with van der Waals surface area (Å²) in [5.41, 5.74) is 1.29. The van der Waals surface area contributed by atoms with E-state index in [1.54, 1.807) is 30.3 Å². The standard InChI is InChI=1S/C24H27NO6/c1-14(2)31-18-9-8-16(12-15(18)3)22(26)20-21(19-7-5-11-30-19)25(24(28)23(20)27)13-17-6-4-10-29-17/h5,7-9,11-12,14,17,21,26H,4,6,10,13H2,1-3H3/b22-20-. The third-order valence-electron chi connectivity index (χ3n) is 5.59. The van der Waals surface area contributed by atoms with Crippen molar-refractivity contribution in [2.24, 2.45) is 0 Å². The van der Waals surface area contributed by atoms with Gasteiger partial charge >= 0.3 is 0 Å². The number of benzene rings is 1. The summed E-state index contributed by atoms with van der Waals surface area (Å²) in [6.07, 6.45) is 3.11. The van der Waals surface area contributed by atoms with E-state index in [2.05, 4.69) is 0 Å². The molecule has 0 radical (unpaired) electrons. The van der Waals surface area contributed by atoms with Gasteiger partial charge in [0, 0.05) is 18.7 Å². The highest BCUT2D eigenvalue weighted by Crippen LogP contribution is 2.40. The monoisotopic (exact) mass is 425 g/mol. The van der Waals surface area contributed by atoms with Crippen LogP contribution in [-0.4, -0.2) is 47.1 Å². The van der Waals surface area contributed by atoms with E-state index < -0.39 is 17.7 Å². The maximum Gasteiger partial charge on any atom is 0.295 e. The van der Waals surface area contributed by atoms with Gasteiger partial charge in [-0.2, -0.15) is 0 Å². The molecule has 3 heterocycles. The van der Waals surface area contributed by atoms with Crippen molar-refractivity contribution in [3.8, 4) is 5.75 Å². The minimum atomic E-state index is -0.800. The van der Waals surface area contributed by atoms with Crippen LogP contribution in [0.25, 0.3) is 5.76 Å². The van der Waals surface area contributed by atoms with E-state index in [1.807, 2.05) is 20.8 Å². The highest BCUT2D eigenvalue weighted by molar-refractivity contribution is 6.46. The fourth-order valence-electron chi connectivity index (χ4n) is 4.16. The van der Waals surface area contributed by atoms with Gasteiger partial charge in [-0.3, -0.25) is 9.59 Å². The first-order valence-electron chi connectivity index (χ1n) is 10.6. The molecule has 7 heteroatoms. The highest BCUT2D eigenvalue weighted by atomic mass is 16.5. The molecule has 1 aromatic carbocycles. The SMILES string of the molecule is Cc1cc(/C(O)=C2/C(=O)C(=O)N(CC3CCCO3)C2c2ccco2)ccc1OC(C)C. The zero-order valence-electron chi connectivity index (χ0n) is 18.0. The lowest BCUT2D eigenvalue weighted by atomic mass is 9.98. The molecule has 0 aliphatic carbocycles. The third-order valence-corrected chi connectivity index (χ3v) is 5.59. The minimum Gasteiger partial charge on any atom is -0.507 e. The van der Waals surface area contributed by atoms with Crippen LogP contribution >= 0.6 is 0 Å². The number of rotatable bonds is 6. The van der Waals surface area contributed by atoms with Crippen molar-refractivity contribution in [1.29, 1.82) is 0 Å². The van der Waals surface area contributed by atoms with Crippen molar-refractivity contribution in [2.45, 2.75) is 51.9 Å². The summed E-state index contributed by atoms with van der Waals surface area (Å²) < 4.78 is 17.0. The van der Waals surface area contributed by atoms with Crippen LogP contribution in [0.5, 0.6) is 5.75 Å². The number of carbonyl (C=O) groups is 2. The summed E-state index contributed by atoms with van der Waals surface area (Å²) in [4.78, 5) is 27.3. The van der Waals surface area contributed by atoms with Gasteiger partial charge in [0.25, 0.3) is 11.7 Å². The topological polar surface area (TPSA) is 89.2 Å². The van der Waals surface area contributed by atoms with Crippen LogP contribution in [0.1, 0.15) is 49.6 Å². The first-order valence-corrected chi connectivity index (χ1v) is 10.6. The molecule has 0 saturated carbocycles. The van der Waals surface area contributed by atoms with Gasteiger partial charge in [0.1, 0.15) is 23.3 Å². The molecule has 31 heavy (non-hydrogen) atoms. The largest absolute Gasteiger partial charge is 0.507 e. The Balaban J connectivity index is 1.75. The number of hydrogen-bond donors (Lipinski definition) is 1. The van der Waals surface area contributed by atoms with Crippen molar-refractivity contribution in [3.63, 3.8) is 0 Å². The Morgan fingerprint density at radius 2 is 2.10 bits per heavy atom. The Morgan fingerprint density at radius 1 is 1.29 bits per heavy atom. The molecular formula is C24H27NO6. The maximum absolute atomic E-state index is 13.0. The molecule has 1 amide bonds. The number of aliphatic hydroxyl groups excluding tert-OH is 1. The number of ketones is 1. The molecule has 4 rings (SSSR count). The zero-order valence-corrected chi connectivity index (χ0v) is 18.0. The number of furan rings is 1. The van der Waals surface area contributed by atoms with E-state index in [0.29, 0.717) is 23.7 Å². The van der Waals surface area contributed by atoms with Crippen LogP contribution in [0, 0.1) is 6.92 Å². The molecule has 164 valence electrons. The number of hydrogen-bond acceptors (Lipinski definition) is 6. The second-order valence-corrected chi connectivity index (χ2v) is 8.25. The van der Waals surface area contributed by atoms with Gasteiger partial charge in [0.2, 0.25) is 0 Å². The molecule has 2 aromatic rings. The lowest BCUT2D eigenvalue weighted by Gasteiger charge is -2.25. The smallest absolute Gasteiger partial charge is 0.295 e. The summed E-state index contributed by atoms with van der Waals surface area (Å²) in [5, 5.41) is 11.1. The average Bonchev–Trinajstić information content (AvgIpc) is 3.48. The van der Waals surface area contributed by atoms with Gasteiger partial charge in [0.05, 0.1) is 24.0 Å². The second-order valence-electron chi connectivity index (χ2n) is 8.25. The number of likely N-dealkylation sites (tertiary alicyclic amines) is 1. The quantitative estimate of drug-likeness (QED) is 0.428. The number of carbonyl (C=O) groups excluding carboxylic acids is 2. The molecule has 2 unspecified atom stereocenters. The summed E-state index contributed by atoms with van der Waals surface area (Å²) in [5.74, 6) is -0.482. The molecule has 2 saturated heterocycles. The number of Topliss-reactive ketones (excluding diaryl/α,β-unsaturated/α-hetero) is 1. The van der Waals surface area contributed by atoms with Crippen LogP contribution in [-0.2, 0) is 14.3 Å². The predicted molar refractivity (Wildman–Crippen MR) is 114 cm³/mol. The van der Waals surface area contributed by atoms with Gasteiger partial charge in [-0.1, -0.05) is 0 Å². The normalized spacial score (nSPS) is 23.2. The average molecular weight is 425 g/mol. The van der Waals surface area contributed by atoms with Crippen LogP contribution in [0.3, 0.4) is 0 Å². The van der Waals surface area contributed by atoms with Crippen LogP contribution < -0.4 is 4.74 Å². The molecule has 7 nitrogen and oxygen atoms in total. The van der Waals surface area contributed by atoms with Crippen LogP contribution in [0.15, 0.2) is 46.6 Å². The molecule has 1 N–H and O–H groups in total. The summed E-state index contributed by atoms with van der Waals surface area (Å²) in [6.45, 7) is 6.66. The third kappa shape index (κ3) is 4.10. The van der Waals surface area contributed by atoms with E-state index in [4.69, 9.17) is 13.9 Å². The molecule has 0 spiro atoms. The van der Waals surface area contributed by atoms with Crippen molar-refractivity contribution >= 4 is 17.4 Å². The van der Waals surface area contributed by atoms with Gasteiger partial charge in [0.15, 0.2) is 0 Å². The number of aliphatic hydroxyl groups is 1. The number of ether oxygens (including phenoxy) is 2. The van der Waals surface area contributed by atoms with E-state index in [1.165, 1.54) is 11.2 Å². The van der Waals surface area contributed by atoms with Crippen LogP contribution in [0.2, 0.25) is 0 Å². The molecule has 2 fully saturated rings. The first kappa shape index (κ1) is 21.2. The molecule has 2 aliphatic rings. The Hall–Kier alpha value is -3.06. The Morgan fingerprint density at radius 3 is 2.71 bits per heavy atom. The lowest BCUT2D eigenvalue weighted by molar-refractivity contribution is -0.141. The van der Waals surface area contributed by atoms with E-state index in [-0.39, 0.29) is 30.1 Å². The lowest BCUT2D eigenvalue weighted by Crippen LogP contribution is -2.36. The second kappa shape index (κ2) is 8.59. The van der Waals surface area contributed by atoms with Crippen molar-refractivity contribution in [1.82, 2.24) is 4.90 Å². The minimum absolute atomic E-state index is 0.0141. The van der Waals surface area contributed by atoms with Crippen molar-refractivity contribution in [3.05, 3.63) is 59.1 Å². The zero-order chi connectivity index (χ0) is 22.1. The Kier molecular flexibility index (Phi) is 5.87. The number of nitrogens with zero attached hydrogens (tertiary/aromatic N) is 1. The Bertz CT molecular complexity index is 1000. The van der Waals surface area contributed by atoms with E-state index in [0.717, 1.165) is 18.4 Å². The summed E-state index contributed by atoms with van der Waals surface area (Å²) >= 11 is 0. The fourth-order valence-corrected chi connectivity index (χ4v) is 4.16. The highest BCUT2D eigenvalue weighted by Gasteiger charge is 2.48. The summed E-state index contributed by atoms with van der Waals surface area (Å²) in [7, 11) is 0. The van der Waals surface area contributed by atoms with Crippen molar-refractivity contribution in [2.75, 3.05) is 13.2 Å². The van der Waals surface area contributed by atoms with E-state index >= 15 is 0 Å². The van der Waals surface area contributed by atoms with Gasteiger partial charge in [-0.05, 0) is 69.5 Å². The van der Waals surface area contributed by atoms with Gasteiger partial charge < -0.3 is 23.9 Å². The Labute approximate surface area is 181 Å². The van der Waals surface area contributed by atoms with Crippen LogP contribution in [0.4, 0.5) is 0 Å². The summed E-state index contributed by atoms with van der Waals surface area (Å²) in [6, 6.07) is 7.80. The van der Waals surface area contributed by atoms with Gasteiger partial charge in [-0.25, -0.2) is 0 Å². The van der Waals surface area contributed by atoms with Gasteiger partial charge in [-0.15, -0.1) is 0 Å². The fraction of sp³-hybridized carbons (Fsp3) is 0.417. The first-order chi connectivity index (χ1) is 14.9. The molecule has 0 bridgehead atoms. The molecule has 2 aliphatic heterocycles. The molecule has 1 aromatic heterocycles. The number of aryl methyl sites for hydroxylation is 1. The molecular weight excluding hydrogens is 398 g/mol. The number of amides is 1. The maximum atomic E-state index is 13.0.